The van der Waals surface area contributed by atoms with Crippen LogP contribution >= 0.6 is 22.9 Å². The van der Waals surface area contributed by atoms with Crippen molar-refractivity contribution >= 4 is 40.0 Å². The van der Waals surface area contributed by atoms with E-state index in [2.05, 4.69) is 17.1 Å². The second-order valence-electron chi connectivity index (χ2n) is 8.05. The summed E-state index contributed by atoms with van der Waals surface area (Å²) in [5.41, 5.74) is 1.44. The zero-order chi connectivity index (χ0) is 20.6. The van der Waals surface area contributed by atoms with Gasteiger partial charge in [-0.2, -0.15) is 0 Å². The van der Waals surface area contributed by atoms with Gasteiger partial charge in [-0.15, -0.1) is 10.2 Å². The molecule has 1 atom stereocenters. The van der Waals surface area contributed by atoms with Crippen LogP contribution in [0.15, 0.2) is 18.2 Å². The SMILES string of the molecule is CCCCN1C(=O)N(c2nnc(C(C)(C)C)s2)C(=O)[C@@H]1c1ccc(Cl)c(C)c1. The summed E-state index contributed by atoms with van der Waals surface area (Å²) in [5, 5.41) is 10.1. The molecule has 2 heterocycles. The van der Waals surface area contributed by atoms with Crippen LogP contribution in [0.5, 0.6) is 0 Å². The number of urea groups is 1. The Bertz CT molecular complexity index is 906. The van der Waals surface area contributed by atoms with Crippen molar-refractivity contribution in [2.75, 3.05) is 11.4 Å². The number of hydrogen-bond donors (Lipinski definition) is 0. The van der Waals surface area contributed by atoms with Gasteiger partial charge in [-0.1, -0.05) is 69.2 Å². The lowest BCUT2D eigenvalue weighted by Crippen LogP contribution is -2.33. The number of anilines is 1. The maximum atomic E-state index is 13.3. The number of halogens is 1. The third kappa shape index (κ3) is 3.78. The number of imide groups is 1. The van der Waals surface area contributed by atoms with Gasteiger partial charge in [0, 0.05) is 17.0 Å². The molecular formula is C20H25ClN4O2S. The normalized spacial score (nSPS) is 17.7. The zero-order valence-corrected chi connectivity index (χ0v) is 18.4. The van der Waals surface area contributed by atoms with E-state index in [0.717, 1.165) is 29.0 Å². The number of nitrogens with zero attached hydrogens (tertiary/aromatic N) is 4. The quantitative estimate of drug-likeness (QED) is 0.630. The fourth-order valence-electron chi connectivity index (χ4n) is 3.09. The summed E-state index contributed by atoms with van der Waals surface area (Å²) >= 11 is 7.44. The molecule has 1 aromatic carbocycles. The Morgan fingerprint density at radius 1 is 1.21 bits per heavy atom. The zero-order valence-electron chi connectivity index (χ0n) is 16.8. The summed E-state index contributed by atoms with van der Waals surface area (Å²) in [7, 11) is 0. The van der Waals surface area contributed by atoms with E-state index in [-0.39, 0.29) is 17.4 Å². The van der Waals surface area contributed by atoms with Gasteiger partial charge in [-0.05, 0) is 30.5 Å². The first-order valence-electron chi connectivity index (χ1n) is 9.39. The lowest BCUT2D eigenvalue weighted by atomic mass is 9.98. The van der Waals surface area contributed by atoms with Crippen molar-refractivity contribution in [1.29, 1.82) is 0 Å². The highest BCUT2D eigenvalue weighted by Crippen LogP contribution is 2.38. The van der Waals surface area contributed by atoms with Crippen LogP contribution in [-0.4, -0.2) is 33.6 Å². The van der Waals surface area contributed by atoms with Gasteiger partial charge in [0.25, 0.3) is 5.91 Å². The van der Waals surface area contributed by atoms with Crippen molar-refractivity contribution in [1.82, 2.24) is 15.1 Å². The second-order valence-corrected chi connectivity index (χ2v) is 9.42. The van der Waals surface area contributed by atoms with E-state index in [1.54, 1.807) is 11.0 Å². The molecule has 2 aromatic rings. The Balaban J connectivity index is 2.01. The molecule has 0 spiro atoms. The largest absolute Gasteiger partial charge is 0.334 e. The monoisotopic (exact) mass is 420 g/mol. The summed E-state index contributed by atoms with van der Waals surface area (Å²) in [6.07, 6.45) is 1.75. The smallest absolute Gasteiger partial charge is 0.308 e. The molecule has 0 aliphatic carbocycles. The van der Waals surface area contributed by atoms with Gasteiger partial charge >= 0.3 is 6.03 Å². The number of amides is 3. The molecule has 0 N–H and O–H groups in total. The van der Waals surface area contributed by atoms with Crippen LogP contribution in [0.3, 0.4) is 0 Å². The first kappa shape index (κ1) is 20.7. The van der Waals surface area contributed by atoms with E-state index in [1.807, 2.05) is 39.8 Å². The van der Waals surface area contributed by atoms with E-state index in [4.69, 9.17) is 11.6 Å². The Hall–Kier alpha value is -1.99. The van der Waals surface area contributed by atoms with Crippen LogP contribution in [0.2, 0.25) is 5.02 Å². The van der Waals surface area contributed by atoms with E-state index < -0.39 is 6.04 Å². The van der Waals surface area contributed by atoms with Crippen molar-refractivity contribution in [3.8, 4) is 0 Å². The predicted molar refractivity (Wildman–Crippen MR) is 112 cm³/mol. The summed E-state index contributed by atoms with van der Waals surface area (Å²) in [6.45, 7) is 10.5. The van der Waals surface area contributed by atoms with Crippen molar-refractivity contribution in [3.63, 3.8) is 0 Å². The van der Waals surface area contributed by atoms with Crippen molar-refractivity contribution in [3.05, 3.63) is 39.4 Å². The number of carbonyl (C=O) groups is 2. The van der Waals surface area contributed by atoms with Gasteiger partial charge in [0.2, 0.25) is 5.13 Å². The molecule has 1 saturated heterocycles. The number of benzene rings is 1. The van der Waals surface area contributed by atoms with E-state index in [9.17, 15) is 9.59 Å². The van der Waals surface area contributed by atoms with E-state index in [0.29, 0.717) is 16.7 Å². The maximum absolute atomic E-state index is 13.3. The fraction of sp³-hybridized carbons (Fsp3) is 0.500. The molecule has 1 aliphatic rings. The topological polar surface area (TPSA) is 66.4 Å². The van der Waals surface area contributed by atoms with Crippen molar-refractivity contribution < 1.29 is 9.59 Å². The van der Waals surface area contributed by atoms with Crippen LogP contribution in [0.4, 0.5) is 9.93 Å². The first-order chi connectivity index (χ1) is 13.1. The van der Waals surface area contributed by atoms with Crippen molar-refractivity contribution in [2.24, 2.45) is 0 Å². The molecule has 0 bridgehead atoms. The lowest BCUT2D eigenvalue weighted by Gasteiger charge is -2.22. The van der Waals surface area contributed by atoms with E-state index in [1.165, 1.54) is 16.2 Å². The number of aromatic nitrogens is 2. The Morgan fingerprint density at radius 3 is 2.50 bits per heavy atom. The Kier molecular flexibility index (Phi) is 5.77. The van der Waals surface area contributed by atoms with Gasteiger partial charge in [0.15, 0.2) is 0 Å². The van der Waals surface area contributed by atoms with Crippen molar-refractivity contribution in [2.45, 2.75) is 58.9 Å². The molecule has 1 aliphatic heterocycles. The highest BCUT2D eigenvalue weighted by Gasteiger charge is 2.48. The minimum absolute atomic E-state index is 0.198. The average Bonchev–Trinajstić information content (AvgIpc) is 3.19. The molecule has 8 heteroatoms. The van der Waals surface area contributed by atoms with Gasteiger partial charge < -0.3 is 4.90 Å². The van der Waals surface area contributed by atoms with Crippen LogP contribution in [0, 0.1) is 6.92 Å². The molecule has 3 rings (SSSR count). The predicted octanol–water partition coefficient (Wildman–Crippen LogP) is 5.11. The average molecular weight is 421 g/mol. The van der Waals surface area contributed by atoms with Crippen LogP contribution in [0.25, 0.3) is 0 Å². The minimum atomic E-state index is -0.669. The maximum Gasteiger partial charge on any atom is 0.334 e. The number of carbonyl (C=O) groups excluding carboxylic acids is 2. The third-order valence-electron chi connectivity index (χ3n) is 4.70. The molecule has 3 amide bonds. The molecule has 0 unspecified atom stereocenters. The second kappa shape index (κ2) is 7.79. The molecule has 1 aromatic heterocycles. The van der Waals surface area contributed by atoms with E-state index >= 15 is 0 Å². The first-order valence-corrected chi connectivity index (χ1v) is 10.6. The molecule has 0 radical (unpaired) electrons. The number of unbranched alkanes of at least 4 members (excludes halogenated alkanes) is 1. The Labute approximate surface area is 174 Å². The van der Waals surface area contributed by atoms with Crippen LogP contribution in [-0.2, 0) is 10.2 Å². The minimum Gasteiger partial charge on any atom is -0.308 e. The van der Waals surface area contributed by atoms with Crippen LogP contribution in [0.1, 0.15) is 62.7 Å². The standard InChI is InChI=1S/C20H25ClN4O2S/c1-6-7-10-24-15(13-8-9-14(21)12(2)11-13)16(26)25(19(24)27)18-23-22-17(28-18)20(3,4)5/h8-9,11,15H,6-7,10H2,1-5H3/t15-/m0/s1. The molecule has 28 heavy (non-hydrogen) atoms. The fourth-order valence-corrected chi connectivity index (χ4v) is 4.11. The molecule has 0 saturated carbocycles. The summed E-state index contributed by atoms with van der Waals surface area (Å²) in [4.78, 5) is 29.3. The summed E-state index contributed by atoms with van der Waals surface area (Å²) in [5.74, 6) is -0.292. The highest BCUT2D eigenvalue weighted by molar-refractivity contribution is 7.15. The summed E-state index contributed by atoms with van der Waals surface area (Å²) in [6, 6.07) is 4.45. The van der Waals surface area contributed by atoms with Gasteiger partial charge in [0.1, 0.15) is 11.0 Å². The highest BCUT2D eigenvalue weighted by atomic mass is 35.5. The summed E-state index contributed by atoms with van der Waals surface area (Å²) < 4.78 is 0. The van der Waals surface area contributed by atoms with Gasteiger partial charge in [0.05, 0.1) is 0 Å². The van der Waals surface area contributed by atoms with Crippen LogP contribution < -0.4 is 4.90 Å². The van der Waals surface area contributed by atoms with Gasteiger partial charge in [-0.3, -0.25) is 4.79 Å². The molecule has 1 fully saturated rings. The number of aryl methyl sites for hydroxylation is 1. The molecule has 150 valence electrons. The Morgan fingerprint density at radius 2 is 1.93 bits per heavy atom. The lowest BCUT2D eigenvalue weighted by molar-refractivity contribution is -0.119. The third-order valence-corrected chi connectivity index (χ3v) is 6.46. The molecule has 6 nitrogen and oxygen atoms in total. The number of rotatable bonds is 5. The molecular weight excluding hydrogens is 396 g/mol. The van der Waals surface area contributed by atoms with Gasteiger partial charge in [-0.25, -0.2) is 9.69 Å². The number of hydrogen-bond acceptors (Lipinski definition) is 5.